The Labute approximate surface area is 83.6 Å². The standard InChI is InChI=1S/C9H18N2O3/c1-6(12)3-11-8(13)9(2)5-14-4-7(9)10/h6-7,12H,3-5,10H2,1-2H3,(H,11,13). The van der Waals surface area contributed by atoms with E-state index in [2.05, 4.69) is 5.32 Å². The molecule has 1 heterocycles. The monoisotopic (exact) mass is 202 g/mol. The molecule has 0 aromatic carbocycles. The Hall–Kier alpha value is -0.650. The Morgan fingerprint density at radius 1 is 1.86 bits per heavy atom. The summed E-state index contributed by atoms with van der Waals surface area (Å²) in [6.07, 6.45) is -0.541. The number of nitrogens with one attached hydrogen (secondary N) is 1. The molecule has 0 spiro atoms. The van der Waals surface area contributed by atoms with Crippen molar-refractivity contribution in [2.24, 2.45) is 11.1 Å². The molecule has 1 fully saturated rings. The van der Waals surface area contributed by atoms with Crippen LogP contribution in [0.5, 0.6) is 0 Å². The van der Waals surface area contributed by atoms with E-state index in [4.69, 9.17) is 15.6 Å². The molecule has 1 aliphatic rings. The van der Waals surface area contributed by atoms with E-state index in [1.807, 2.05) is 0 Å². The van der Waals surface area contributed by atoms with Crippen molar-refractivity contribution in [2.45, 2.75) is 26.0 Å². The van der Waals surface area contributed by atoms with Crippen molar-refractivity contribution in [3.8, 4) is 0 Å². The van der Waals surface area contributed by atoms with Gasteiger partial charge in [0.2, 0.25) is 5.91 Å². The Morgan fingerprint density at radius 2 is 2.50 bits per heavy atom. The molecule has 3 atom stereocenters. The fourth-order valence-electron chi connectivity index (χ4n) is 1.37. The van der Waals surface area contributed by atoms with Crippen LogP contribution in [0.15, 0.2) is 0 Å². The average molecular weight is 202 g/mol. The number of aliphatic hydroxyl groups is 1. The van der Waals surface area contributed by atoms with Crippen molar-refractivity contribution in [3.63, 3.8) is 0 Å². The number of ether oxygens (including phenoxy) is 1. The smallest absolute Gasteiger partial charge is 0.230 e. The molecular formula is C9H18N2O3. The Balaban J connectivity index is 2.50. The highest BCUT2D eigenvalue weighted by Gasteiger charge is 2.44. The molecule has 82 valence electrons. The number of aliphatic hydroxyl groups excluding tert-OH is 1. The molecule has 0 aliphatic carbocycles. The van der Waals surface area contributed by atoms with Crippen molar-refractivity contribution >= 4 is 5.91 Å². The number of carbonyl (C=O) groups excluding carboxylic acids is 1. The van der Waals surface area contributed by atoms with Gasteiger partial charge in [-0.25, -0.2) is 0 Å². The van der Waals surface area contributed by atoms with Gasteiger partial charge in [-0.3, -0.25) is 4.79 Å². The lowest BCUT2D eigenvalue weighted by atomic mass is 9.85. The Morgan fingerprint density at radius 3 is 2.93 bits per heavy atom. The predicted molar refractivity (Wildman–Crippen MR) is 51.6 cm³/mol. The van der Waals surface area contributed by atoms with Crippen LogP contribution < -0.4 is 11.1 Å². The van der Waals surface area contributed by atoms with Gasteiger partial charge in [0.1, 0.15) is 0 Å². The van der Waals surface area contributed by atoms with E-state index in [0.717, 1.165) is 0 Å². The Bertz CT molecular complexity index is 220. The van der Waals surface area contributed by atoms with Gasteiger partial charge in [-0.05, 0) is 13.8 Å². The molecule has 14 heavy (non-hydrogen) atoms. The molecule has 1 rings (SSSR count). The second kappa shape index (κ2) is 4.25. The summed E-state index contributed by atoms with van der Waals surface area (Å²) in [5.74, 6) is -0.150. The van der Waals surface area contributed by atoms with Crippen molar-refractivity contribution in [1.82, 2.24) is 5.32 Å². The largest absolute Gasteiger partial charge is 0.392 e. The first-order valence-electron chi connectivity index (χ1n) is 4.76. The van der Waals surface area contributed by atoms with Gasteiger partial charge in [0, 0.05) is 12.6 Å². The SMILES string of the molecule is CC(O)CNC(=O)C1(C)COCC1N. The molecule has 4 N–H and O–H groups in total. The van der Waals surface area contributed by atoms with Crippen LogP contribution in [0.3, 0.4) is 0 Å². The number of nitrogens with two attached hydrogens (primary N) is 1. The minimum absolute atomic E-state index is 0.150. The van der Waals surface area contributed by atoms with Gasteiger partial charge in [-0.1, -0.05) is 0 Å². The van der Waals surface area contributed by atoms with Gasteiger partial charge in [-0.15, -0.1) is 0 Å². The van der Waals surface area contributed by atoms with Gasteiger partial charge in [0.15, 0.2) is 0 Å². The molecule has 0 aromatic rings. The van der Waals surface area contributed by atoms with E-state index in [0.29, 0.717) is 13.2 Å². The molecule has 5 heteroatoms. The summed E-state index contributed by atoms with van der Waals surface area (Å²) < 4.78 is 5.15. The topological polar surface area (TPSA) is 84.6 Å². The highest BCUT2D eigenvalue weighted by atomic mass is 16.5. The number of amides is 1. The second-order valence-electron chi connectivity index (χ2n) is 4.10. The number of hydrogen-bond acceptors (Lipinski definition) is 4. The first kappa shape index (κ1) is 11.4. The molecule has 0 radical (unpaired) electrons. The summed E-state index contributed by atoms with van der Waals surface area (Å²) in [6.45, 7) is 4.41. The Kier molecular flexibility index (Phi) is 3.47. The summed E-state index contributed by atoms with van der Waals surface area (Å²) in [4.78, 5) is 11.7. The van der Waals surface area contributed by atoms with Crippen LogP contribution in [0.25, 0.3) is 0 Å². The quantitative estimate of drug-likeness (QED) is 0.539. The number of carbonyl (C=O) groups is 1. The molecular weight excluding hydrogens is 184 g/mol. The normalized spacial score (nSPS) is 34.1. The van der Waals surface area contributed by atoms with Crippen molar-refractivity contribution in [3.05, 3.63) is 0 Å². The van der Waals surface area contributed by atoms with Crippen LogP contribution in [0, 0.1) is 5.41 Å². The maximum absolute atomic E-state index is 11.7. The van der Waals surface area contributed by atoms with Crippen LogP contribution in [-0.4, -0.2) is 42.9 Å². The van der Waals surface area contributed by atoms with E-state index in [9.17, 15) is 4.79 Å². The first-order valence-corrected chi connectivity index (χ1v) is 4.76. The van der Waals surface area contributed by atoms with Crippen molar-refractivity contribution in [1.29, 1.82) is 0 Å². The molecule has 0 aromatic heterocycles. The van der Waals surface area contributed by atoms with Crippen LogP contribution >= 0.6 is 0 Å². The van der Waals surface area contributed by atoms with Crippen molar-refractivity contribution < 1.29 is 14.6 Å². The van der Waals surface area contributed by atoms with Crippen LogP contribution in [0.2, 0.25) is 0 Å². The highest BCUT2D eigenvalue weighted by Crippen LogP contribution is 2.26. The lowest BCUT2D eigenvalue weighted by molar-refractivity contribution is -0.131. The zero-order valence-electron chi connectivity index (χ0n) is 8.62. The molecule has 0 bridgehead atoms. The van der Waals surface area contributed by atoms with Gasteiger partial charge >= 0.3 is 0 Å². The van der Waals surface area contributed by atoms with Crippen LogP contribution in [0.4, 0.5) is 0 Å². The summed E-state index contributed by atoms with van der Waals surface area (Å²) in [7, 11) is 0. The molecule has 5 nitrogen and oxygen atoms in total. The van der Waals surface area contributed by atoms with Crippen LogP contribution in [-0.2, 0) is 9.53 Å². The molecule has 3 unspecified atom stereocenters. The van der Waals surface area contributed by atoms with Gasteiger partial charge in [0.05, 0.1) is 24.7 Å². The maximum Gasteiger partial charge on any atom is 0.230 e. The first-order chi connectivity index (χ1) is 6.47. The van der Waals surface area contributed by atoms with Gasteiger partial charge in [0.25, 0.3) is 0 Å². The third-order valence-corrected chi connectivity index (χ3v) is 2.59. The zero-order chi connectivity index (χ0) is 10.8. The van der Waals surface area contributed by atoms with E-state index < -0.39 is 11.5 Å². The zero-order valence-corrected chi connectivity index (χ0v) is 8.62. The molecule has 1 saturated heterocycles. The number of rotatable bonds is 3. The second-order valence-corrected chi connectivity index (χ2v) is 4.10. The van der Waals surface area contributed by atoms with E-state index >= 15 is 0 Å². The minimum atomic E-state index is -0.658. The fraction of sp³-hybridized carbons (Fsp3) is 0.889. The van der Waals surface area contributed by atoms with Crippen molar-refractivity contribution in [2.75, 3.05) is 19.8 Å². The fourth-order valence-corrected chi connectivity index (χ4v) is 1.37. The lowest BCUT2D eigenvalue weighted by Gasteiger charge is -2.25. The average Bonchev–Trinajstić information content (AvgIpc) is 2.44. The predicted octanol–water partition coefficient (Wildman–Crippen LogP) is -1.15. The van der Waals surface area contributed by atoms with Gasteiger partial charge < -0.3 is 20.9 Å². The maximum atomic E-state index is 11.7. The third kappa shape index (κ3) is 2.23. The van der Waals surface area contributed by atoms with Gasteiger partial charge in [-0.2, -0.15) is 0 Å². The number of hydrogen-bond donors (Lipinski definition) is 3. The molecule has 1 aliphatic heterocycles. The van der Waals surface area contributed by atoms with Crippen LogP contribution in [0.1, 0.15) is 13.8 Å². The lowest BCUT2D eigenvalue weighted by Crippen LogP contribution is -2.51. The van der Waals surface area contributed by atoms with E-state index in [1.54, 1.807) is 13.8 Å². The summed E-state index contributed by atoms with van der Waals surface area (Å²) >= 11 is 0. The summed E-state index contributed by atoms with van der Waals surface area (Å²) in [6, 6.07) is -0.267. The molecule has 0 saturated carbocycles. The highest BCUT2D eigenvalue weighted by molar-refractivity contribution is 5.83. The molecule has 1 amide bonds. The van der Waals surface area contributed by atoms with E-state index in [-0.39, 0.29) is 18.5 Å². The summed E-state index contributed by atoms with van der Waals surface area (Å²) in [5, 5.41) is 11.7. The third-order valence-electron chi connectivity index (χ3n) is 2.59. The van der Waals surface area contributed by atoms with E-state index in [1.165, 1.54) is 0 Å². The summed E-state index contributed by atoms with van der Waals surface area (Å²) in [5.41, 5.74) is 5.11. The minimum Gasteiger partial charge on any atom is -0.392 e.